The standard InChI is InChI=1S/C16H26N4O2S.HI/c1-3-18-16(20-11-5-7-13(9-11)23-4-2)19-10-12-6-8-14(22-12)15(17)21;/h6,8,11,13H,3-5,7,9-10H2,1-2H3,(H2,17,21)(H2,18,19,20);1H. The molecule has 1 aliphatic rings. The van der Waals surface area contributed by atoms with Crippen molar-refractivity contribution in [3.8, 4) is 0 Å². The van der Waals surface area contributed by atoms with E-state index in [-0.39, 0.29) is 29.7 Å². The quantitative estimate of drug-likeness (QED) is 0.327. The van der Waals surface area contributed by atoms with Crippen LogP contribution in [0.25, 0.3) is 0 Å². The van der Waals surface area contributed by atoms with Gasteiger partial charge >= 0.3 is 0 Å². The lowest BCUT2D eigenvalue weighted by molar-refractivity contribution is 0.0972. The van der Waals surface area contributed by atoms with Gasteiger partial charge in [-0.05, 0) is 44.1 Å². The van der Waals surface area contributed by atoms with E-state index in [0.29, 0.717) is 18.3 Å². The molecule has 6 nitrogen and oxygen atoms in total. The zero-order valence-electron chi connectivity index (χ0n) is 14.2. The summed E-state index contributed by atoms with van der Waals surface area (Å²) in [6, 6.07) is 3.78. The second-order valence-corrected chi connectivity index (χ2v) is 7.13. The highest BCUT2D eigenvalue weighted by atomic mass is 127. The van der Waals surface area contributed by atoms with Gasteiger partial charge in [-0.1, -0.05) is 6.92 Å². The van der Waals surface area contributed by atoms with Gasteiger partial charge in [0.25, 0.3) is 5.91 Å². The van der Waals surface area contributed by atoms with Crippen molar-refractivity contribution in [1.29, 1.82) is 0 Å². The highest BCUT2D eigenvalue weighted by Crippen LogP contribution is 2.29. The van der Waals surface area contributed by atoms with Crippen molar-refractivity contribution >= 4 is 47.6 Å². The average Bonchev–Trinajstić information content (AvgIpc) is 3.15. The van der Waals surface area contributed by atoms with Crippen LogP contribution in [-0.4, -0.2) is 35.5 Å². The number of halogens is 1. The number of carbonyl (C=O) groups is 1. The topological polar surface area (TPSA) is 92.6 Å². The minimum absolute atomic E-state index is 0. The van der Waals surface area contributed by atoms with E-state index in [1.54, 1.807) is 12.1 Å². The fourth-order valence-electron chi connectivity index (χ4n) is 2.72. The molecule has 1 heterocycles. The number of aliphatic imine (C=N–C) groups is 1. The van der Waals surface area contributed by atoms with Gasteiger partial charge in [-0.15, -0.1) is 24.0 Å². The second kappa shape index (κ2) is 10.9. The maximum absolute atomic E-state index is 11.0. The summed E-state index contributed by atoms with van der Waals surface area (Å²) >= 11 is 2.04. The summed E-state index contributed by atoms with van der Waals surface area (Å²) in [5, 5.41) is 7.51. The Labute approximate surface area is 164 Å². The molecule has 0 spiro atoms. The van der Waals surface area contributed by atoms with Crippen molar-refractivity contribution < 1.29 is 9.21 Å². The molecule has 0 aliphatic heterocycles. The molecular weight excluding hydrogens is 439 g/mol. The number of furan rings is 1. The predicted octanol–water partition coefficient (Wildman–Crippen LogP) is 2.73. The van der Waals surface area contributed by atoms with Gasteiger partial charge in [-0.2, -0.15) is 11.8 Å². The fourth-order valence-corrected chi connectivity index (χ4v) is 3.87. The molecule has 1 aliphatic carbocycles. The molecular formula is C16H27IN4O2S. The predicted molar refractivity (Wildman–Crippen MR) is 110 cm³/mol. The number of thioether (sulfide) groups is 1. The van der Waals surface area contributed by atoms with Crippen molar-refractivity contribution in [2.24, 2.45) is 10.7 Å². The number of primary amides is 1. The van der Waals surface area contributed by atoms with Crippen LogP contribution in [0.1, 0.15) is 49.4 Å². The molecule has 2 rings (SSSR count). The molecule has 1 aromatic heterocycles. The van der Waals surface area contributed by atoms with E-state index >= 15 is 0 Å². The highest BCUT2D eigenvalue weighted by Gasteiger charge is 2.25. The number of amides is 1. The number of nitrogens with two attached hydrogens (primary N) is 1. The van der Waals surface area contributed by atoms with Gasteiger partial charge in [0.15, 0.2) is 11.7 Å². The van der Waals surface area contributed by atoms with Gasteiger partial charge in [0.1, 0.15) is 12.3 Å². The zero-order valence-corrected chi connectivity index (χ0v) is 17.4. The van der Waals surface area contributed by atoms with Gasteiger partial charge in [-0.3, -0.25) is 4.79 Å². The summed E-state index contributed by atoms with van der Waals surface area (Å²) in [5.74, 6) is 2.20. The third-order valence-electron chi connectivity index (χ3n) is 3.77. The van der Waals surface area contributed by atoms with Crippen LogP contribution in [0.5, 0.6) is 0 Å². The van der Waals surface area contributed by atoms with Gasteiger partial charge in [0, 0.05) is 17.8 Å². The molecule has 0 bridgehead atoms. The van der Waals surface area contributed by atoms with Crippen LogP contribution >= 0.6 is 35.7 Å². The zero-order chi connectivity index (χ0) is 16.7. The molecule has 1 aromatic rings. The Bertz CT molecular complexity index is 550. The number of rotatable bonds is 7. The Morgan fingerprint density at radius 2 is 2.21 bits per heavy atom. The third kappa shape index (κ3) is 6.54. The largest absolute Gasteiger partial charge is 0.454 e. The maximum Gasteiger partial charge on any atom is 0.284 e. The first-order valence-corrected chi connectivity index (χ1v) is 9.22. The van der Waals surface area contributed by atoms with Crippen LogP contribution in [0.2, 0.25) is 0 Å². The Hall–Kier alpha value is -0.900. The molecule has 0 aromatic carbocycles. The van der Waals surface area contributed by atoms with E-state index < -0.39 is 5.91 Å². The van der Waals surface area contributed by atoms with Gasteiger partial charge in [-0.25, -0.2) is 4.99 Å². The minimum Gasteiger partial charge on any atom is -0.454 e. The van der Waals surface area contributed by atoms with Crippen molar-refractivity contribution in [3.05, 3.63) is 23.7 Å². The van der Waals surface area contributed by atoms with E-state index in [1.807, 2.05) is 18.7 Å². The second-order valence-electron chi connectivity index (χ2n) is 5.56. The van der Waals surface area contributed by atoms with E-state index in [2.05, 4.69) is 22.5 Å². The normalized spacial score (nSPS) is 20.5. The number of hydrogen-bond donors (Lipinski definition) is 3. The Morgan fingerprint density at radius 1 is 1.42 bits per heavy atom. The van der Waals surface area contributed by atoms with Gasteiger partial charge in [0.2, 0.25) is 0 Å². The lowest BCUT2D eigenvalue weighted by Gasteiger charge is -2.17. The van der Waals surface area contributed by atoms with Crippen LogP contribution < -0.4 is 16.4 Å². The molecule has 1 amide bonds. The number of hydrogen-bond acceptors (Lipinski definition) is 4. The monoisotopic (exact) mass is 466 g/mol. The molecule has 1 saturated carbocycles. The van der Waals surface area contributed by atoms with Gasteiger partial charge < -0.3 is 20.8 Å². The number of carbonyl (C=O) groups excluding carboxylic acids is 1. The maximum atomic E-state index is 11.0. The Balaban J connectivity index is 0.00000288. The van der Waals surface area contributed by atoms with Crippen molar-refractivity contribution in [3.63, 3.8) is 0 Å². The molecule has 0 saturated heterocycles. The molecule has 1 fully saturated rings. The first-order valence-electron chi connectivity index (χ1n) is 8.17. The smallest absolute Gasteiger partial charge is 0.284 e. The lowest BCUT2D eigenvalue weighted by Crippen LogP contribution is -2.42. The summed E-state index contributed by atoms with van der Waals surface area (Å²) in [7, 11) is 0. The van der Waals surface area contributed by atoms with Crippen molar-refractivity contribution in [2.75, 3.05) is 12.3 Å². The number of nitrogens with one attached hydrogen (secondary N) is 2. The molecule has 0 radical (unpaired) electrons. The van der Waals surface area contributed by atoms with Crippen LogP contribution in [0.15, 0.2) is 21.5 Å². The fraction of sp³-hybridized carbons (Fsp3) is 0.625. The molecule has 2 atom stereocenters. The summed E-state index contributed by atoms with van der Waals surface area (Å²) in [5.41, 5.74) is 5.18. The summed E-state index contributed by atoms with van der Waals surface area (Å²) in [4.78, 5) is 15.6. The summed E-state index contributed by atoms with van der Waals surface area (Å²) in [6.45, 7) is 5.43. The first kappa shape index (κ1) is 21.1. The SMILES string of the molecule is CCNC(=NCc1ccc(C(N)=O)o1)NC1CCC(SCC)C1.I. The molecule has 24 heavy (non-hydrogen) atoms. The summed E-state index contributed by atoms with van der Waals surface area (Å²) in [6.07, 6.45) is 3.61. The molecule has 2 unspecified atom stereocenters. The van der Waals surface area contributed by atoms with Gasteiger partial charge in [0.05, 0.1) is 0 Å². The molecule has 8 heteroatoms. The Morgan fingerprint density at radius 3 is 2.83 bits per heavy atom. The number of nitrogens with zero attached hydrogens (tertiary/aromatic N) is 1. The summed E-state index contributed by atoms with van der Waals surface area (Å²) < 4.78 is 5.35. The Kier molecular flexibility index (Phi) is 9.57. The van der Waals surface area contributed by atoms with Crippen LogP contribution in [-0.2, 0) is 6.54 Å². The van der Waals surface area contributed by atoms with Crippen LogP contribution in [0, 0.1) is 0 Å². The van der Waals surface area contributed by atoms with Crippen molar-refractivity contribution in [1.82, 2.24) is 10.6 Å². The first-order chi connectivity index (χ1) is 11.1. The molecule has 136 valence electrons. The minimum atomic E-state index is -0.560. The van der Waals surface area contributed by atoms with Crippen molar-refractivity contribution in [2.45, 2.75) is 50.9 Å². The van der Waals surface area contributed by atoms with E-state index in [0.717, 1.165) is 17.8 Å². The lowest BCUT2D eigenvalue weighted by atomic mass is 10.2. The third-order valence-corrected chi connectivity index (χ3v) is 5.00. The average molecular weight is 466 g/mol. The van der Waals surface area contributed by atoms with E-state index in [4.69, 9.17) is 10.2 Å². The van der Waals surface area contributed by atoms with E-state index in [9.17, 15) is 4.79 Å². The van der Waals surface area contributed by atoms with E-state index in [1.165, 1.54) is 25.0 Å². The molecule has 4 N–H and O–H groups in total. The van der Waals surface area contributed by atoms with Crippen LogP contribution in [0.4, 0.5) is 0 Å². The number of guanidine groups is 1. The van der Waals surface area contributed by atoms with Crippen LogP contribution in [0.3, 0.4) is 0 Å². The highest BCUT2D eigenvalue weighted by molar-refractivity contribution is 14.0.